The monoisotopic (exact) mass is 899 g/mol. The van der Waals surface area contributed by atoms with Crippen molar-refractivity contribution in [1.29, 1.82) is 0 Å². The second-order valence-corrected chi connectivity index (χ2v) is 16.6. The molecule has 15 heteroatoms. The minimum atomic E-state index is -1.27. The van der Waals surface area contributed by atoms with E-state index in [4.69, 9.17) is 19.7 Å². The molecule has 0 amide bonds. The first kappa shape index (κ1) is 49.7. The van der Waals surface area contributed by atoms with Crippen LogP contribution in [-0.4, -0.2) is 131 Å². The van der Waals surface area contributed by atoms with E-state index in [2.05, 4.69) is 37.5 Å². The third-order valence-electron chi connectivity index (χ3n) is 10.9. The number of rotatable bonds is 13. The number of ketones is 1. The summed E-state index contributed by atoms with van der Waals surface area (Å²) in [6.07, 6.45) is -1.02. The molecule has 2 heterocycles. The summed E-state index contributed by atoms with van der Waals surface area (Å²) >= 11 is 2.26. The fourth-order valence-electron chi connectivity index (χ4n) is 7.55. The van der Waals surface area contributed by atoms with E-state index in [-0.39, 0.29) is 32.8 Å². The first-order valence-corrected chi connectivity index (χ1v) is 20.4. The summed E-state index contributed by atoms with van der Waals surface area (Å²) in [5.74, 6) is -2.87. The summed E-state index contributed by atoms with van der Waals surface area (Å²) in [5, 5.41) is 48.2. The second kappa shape index (κ2) is 24.5. The molecule has 0 radical (unpaired) electrons. The molecule has 3 rings (SSSR count). The van der Waals surface area contributed by atoms with Gasteiger partial charge in [0.15, 0.2) is 12.1 Å². The molecule has 1 aromatic rings. The van der Waals surface area contributed by atoms with Crippen LogP contribution in [0.4, 0.5) is 0 Å². The Bertz CT molecular complexity index is 1470. The molecule has 2 aliphatic rings. The zero-order valence-corrected chi connectivity index (χ0v) is 35.4. The minimum absolute atomic E-state index is 0. The Morgan fingerprint density at radius 1 is 1.05 bits per heavy atom. The maximum atomic E-state index is 13.7. The number of azide groups is 1. The standard InChI is InChI=1S/C40H62IN5O9.CH4/c1-8-34-30(23-47)19-24(2)9-14-32(48)25(3)20-29(15-17-46(18-16-43-44-42)22-28-10-12-31(41)13-11-28)39(26(4)33(49)21-35(50)54-34)55-40-38(52)36(45(6)7)37(51)27(5)53-40;/h9-14,19,25-27,29-30,33-34,36-40,47,49,51-52H,8,15-18,20-23H2,1-7H3;1H4/b14-9+,24-19+;/t25-,26+,27-,29+,30-,33-,34-,36?,37-,38?,39-,40+;/m1./s1. The Morgan fingerprint density at radius 2 is 1.73 bits per heavy atom. The van der Waals surface area contributed by atoms with Crippen molar-refractivity contribution in [2.24, 2.45) is 28.8 Å². The van der Waals surface area contributed by atoms with Crippen molar-refractivity contribution in [3.05, 3.63) is 67.6 Å². The number of allylic oxidation sites excluding steroid dienone is 3. The molecular weight excluding hydrogens is 833 g/mol. The second-order valence-electron chi connectivity index (χ2n) is 15.3. The molecule has 1 saturated heterocycles. The summed E-state index contributed by atoms with van der Waals surface area (Å²) in [4.78, 5) is 33.9. The fraction of sp³-hybridized carbons (Fsp3) is 0.707. The number of likely N-dealkylation sites (N-methyl/N-ethyl adjacent to an activating group) is 1. The molecule has 0 spiro atoms. The van der Waals surface area contributed by atoms with Crippen molar-refractivity contribution >= 4 is 34.3 Å². The Hall–Kier alpha value is -2.44. The van der Waals surface area contributed by atoms with Gasteiger partial charge in [0.25, 0.3) is 0 Å². The van der Waals surface area contributed by atoms with Crippen molar-refractivity contribution in [1.82, 2.24) is 9.80 Å². The van der Waals surface area contributed by atoms with Gasteiger partial charge in [0.05, 0.1) is 43.5 Å². The molecule has 0 bridgehead atoms. The molecule has 316 valence electrons. The highest BCUT2D eigenvalue weighted by Gasteiger charge is 2.47. The summed E-state index contributed by atoms with van der Waals surface area (Å²) in [6, 6.07) is 7.43. The third kappa shape index (κ3) is 14.7. The minimum Gasteiger partial charge on any atom is -0.462 e. The summed E-state index contributed by atoms with van der Waals surface area (Å²) in [5.41, 5.74) is 10.8. The van der Waals surface area contributed by atoms with Gasteiger partial charge in [0.1, 0.15) is 12.2 Å². The lowest BCUT2D eigenvalue weighted by Crippen LogP contribution is -2.63. The molecule has 0 saturated carbocycles. The molecule has 2 aliphatic heterocycles. The van der Waals surface area contributed by atoms with Crippen LogP contribution in [0.5, 0.6) is 0 Å². The van der Waals surface area contributed by atoms with Gasteiger partial charge in [-0.05, 0) is 112 Å². The first-order valence-electron chi connectivity index (χ1n) is 19.3. The maximum absolute atomic E-state index is 13.7. The number of carbonyl (C=O) groups excluding carboxylic acids is 2. The molecule has 14 nitrogen and oxygen atoms in total. The van der Waals surface area contributed by atoms with Crippen LogP contribution in [0.1, 0.15) is 73.3 Å². The molecule has 1 fully saturated rings. The van der Waals surface area contributed by atoms with Crippen LogP contribution in [0.3, 0.4) is 0 Å². The van der Waals surface area contributed by atoms with E-state index in [9.17, 15) is 30.0 Å². The lowest BCUT2D eigenvalue weighted by molar-refractivity contribution is -0.304. The highest BCUT2D eigenvalue weighted by atomic mass is 127. The van der Waals surface area contributed by atoms with Gasteiger partial charge >= 0.3 is 5.97 Å². The van der Waals surface area contributed by atoms with E-state index < -0.39 is 78.6 Å². The normalized spacial score (nSPS) is 33.9. The Morgan fingerprint density at radius 3 is 2.34 bits per heavy atom. The van der Waals surface area contributed by atoms with Crippen LogP contribution < -0.4 is 0 Å². The zero-order valence-electron chi connectivity index (χ0n) is 33.3. The number of ether oxygens (including phenoxy) is 3. The van der Waals surface area contributed by atoms with E-state index in [0.717, 1.165) is 14.7 Å². The number of benzene rings is 1. The van der Waals surface area contributed by atoms with Crippen LogP contribution in [0.25, 0.3) is 10.4 Å². The Balaban J connectivity index is 0.0000108. The zero-order chi connectivity index (χ0) is 40.8. The molecular formula is C41H66IN5O9. The van der Waals surface area contributed by atoms with Gasteiger partial charge in [-0.25, -0.2) is 0 Å². The van der Waals surface area contributed by atoms with Crippen LogP contribution in [0.2, 0.25) is 0 Å². The summed E-state index contributed by atoms with van der Waals surface area (Å²) < 4.78 is 19.8. The van der Waals surface area contributed by atoms with Crippen LogP contribution >= 0.6 is 22.6 Å². The number of hydrogen-bond acceptors (Lipinski definition) is 12. The number of carbonyl (C=O) groups is 2. The molecule has 0 aliphatic carbocycles. The van der Waals surface area contributed by atoms with Crippen LogP contribution in [-0.2, 0) is 30.3 Å². The number of aliphatic hydroxyl groups is 4. The SMILES string of the molecule is C.CC[C@H]1OC(=O)C[C@@H](O)[C@H](C)[C@@H](O[C@@H]2O[C@H](C)[C@@H](O)C(N(C)C)C2O)[C@@H](CCN(CCN=[N+]=[N-])Cc2ccc(I)cc2)C[C@@H](C)C(=O)/C=C/C(C)=C/[C@@H]1CO. The molecule has 4 N–H and O–H groups in total. The van der Waals surface area contributed by atoms with Crippen LogP contribution in [0.15, 0.2) is 53.2 Å². The number of cyclic esters (lactones) is 1. The molecule has 1 aromatic carbocycles. The predicted molar refractivity (Wildman–Crippen MR) is 224 cm³/mol. The Labute approximate surface area is 347 Å². The number of nitrogens with zero attached hydrogens (tertiary/aromatic N) is 5. The quantitative estimate of drug-likeness (QED) is 0.0663. The van der Waals surface area contributed by atoms with E-state index >= 15 is 0 Å². The number of aliphatic hydroxyl groups excluding tert-OH is 4. The van der Waals surface area contributed by atoms with Gasteiger partial charge in [-0.3, -0.25) is 14.5 Å². The summed E-state index contributed by atoms with van der Waals surface area (Å²) in [6.45, 7) is 10.5. The molecule has 0 aromatic heterocycles. The van der Waals surface area contributed by atoms with E-state index in [1.165, 1.54) is 6.08 Å². The third-order valence-corrected chi connectivity index (χ3v) is 11.6. The summed E-state index contributed by atoms with van der Waals surface area (Å²) in [7, 11) is 3.50. The van der Waals surface area contributed by atoms with Gasteiger partial charge in [0, 0.05) is 45.9 Å². The highest BCUT2D eigenvalue weighted by Crippen LogP contribution is 2.35. The topological polar surface area (TPSA) is 198 Å². The van der Waals surface area contributed by atoms with E-state index in [0.29, 0.717) is 38.9 Å². The number of hydrogen-bond donors (Lipinski definition) is 4. The fourth-order valence-corrected chi connectivity index (χ4v) is 7.91. The Kier molecular flexibility index (Phi) is 21.7. The van der Waals surface area contributed by atoms with Gasteiger partial charge in [-0.15, -0.1) is 0 Å². The molecule has 56 heavy (non-hydrogen) atoms. The van der Waals surface area contributed by atoms with E-state index in [1.807, 2.05) is 45.0 Å². The largest absolute Gasteiger partial charge is 0.462 e. The van der Waals surface area contributed by atoms with Crippen molar-refractivity contribution in [3.8, 4) is 0 Å². The lowest BCUT2D eigenvalue weighted by atomic mass is 9.79. The molecule has 2 unspecified atom stereocenters. The average Bonchev–Trinajstić information content (AvgIpc) is 3.14. The lowest BCUT2D eigenvalue weighted by Gasteiger charge is -2.46. The van der Waals surface area contributed by atoms with Gasteiger partial charge in [0.2, 0.25) is 0 Å². The number of esters is 1. The van der Waals surface area contributed by atoms with Crippen LogP contribution in [0, 0.1) is 27.2 Å². The number of halogens is 1. The van der Waals surface area contributed by atoms with Gasteiger partial charge < -0.3 is 39.5 Å². The predicted octanol–water partition coefficient (Wildman–Crippen LogP) is 5.26. The van der Waals surface area contributed by atoms with Crippen molar-refractivity contribution < 1.29 is 44.2 Å². The smallest absolute Gasteiger partial charge is 0.308 e. The van der Waals surface area contributed by atoms with Gasteiger partial charge in [-0.1, -0.05) is 63.2 Å². The van der Waals surface area contributed by atoms with Crippen molar-refractivity contribution in [3.63, 3.8) is 0 Å². The maximum Gasteiger partial charge on any atom is 0.308 e. The van der Waals surface area contributed by atoms with Gasteiger partial charge in [-0.2, -0.15) is 0 Å². The molecule has 12 atom stereocenters. The van der Waals surface area contributed by atoms with E-state index in [1.54, 1.807) is 45.0 Å². The van der Waals surface area contributed by atoms with Crippen molar-refractivity contribution in [2.45, 2.75) is 123 Å². The van der Waals surface area contributed by atoms with Crippen molar-refractivity contribution in [2.75, 3.05) is 40.3 Å². The first-order chi connectivity index (χ1) is 26.1. The average molecular weight is 900 g/mol. The highest BCUT2D eigenvalue weighted by molar-refractivity contribution is 14.1.